The van der Waals surface area contributed by atoms with Crippen molar-refractivity contribution in [3.05, 3.63) is 47.8 Å². The van der Waals surface area contributed by atoms with Gasteiger partial charge in [0, 0.05) is 57.1 Å². The molecule has 1 aromatic carbocycles. The Bertz CT molecular complexity index is 963. The minimum Gasteiger partial charge on any atom is -0.390 e. The van der Waals surface area contributed by atoms with Crippen LogP contribution in [-0.4, -0.2) is 36.4 Å². The second kappa shape index (κ2) is 11.3. The Balaban J connectivity index is 2.03. The molecule has 0 aromatic heterocycles. The van der Waals surface area contributed by atoms with Gasteiger partial charge < -0.3 is 15.5 Å². The lowest BCUT2D eigenvalue weighted by atomic mass is 10.0. The van der Waals surface area contributed by atoms with Crippen LogP contribution in [0.5, 0.6) is 0 Å². The lowest BCUT2D eigenvalue weighted by Crippen LogP contribution is -2.31. The molecule has 0 fully saturated rings. The fourth-order valence-corrected chi connectivity index (χ4v) is 3.44. The lowest BCUT2D eigenvalue weighted by Gasteiger charge is -2.30. The Morgan fingerprint density at radius 2 is 2.06 bits per heavy atom. The maximum atomic E-state index is 12.6. The van der Waals surface area contributed by atoms with Crippen molar-refractivity contribution in [1.29, 1.82) is 0 Å². The molecular formula is C25H34N6O. The minimum absolute atomic E-state index is 0.0634. The first-order valence-corrected chi connectivity index (χ1v) is 10.8. The van der Waals surface area contributed by atoms with Crippen molar-refractivity contribution in [2.45, 2.75) is 58.5 Å². The Labute approximate surface area is 191 Å². The first-order valence-electron chi connectivity index (χ1n) is 10.8. The van der Waals surface area contributed by atoms with Crippen molar-refractivity contribution in [2.24, 2.45) is 21.0 Å². The van der Waals surface area contributed by atoms with Crippen LogP contribution in [0.4, 0.5) is 11.4 Å². The van der Waals surface area contributed by atoms with Gasteiger partial charge in [-0.3, -0.25) is 4.79 Å². The molecule has 1 amide bonds. The fraction of sp³-hybridized carbons (Fsp3) is 0.440. The molecule has 2 rings (SSSR count). The summed E-state index contributed by atoms with van der Waals surface area (Å²) in [5, 5.41) is 8.21. The van der Waals surface area contributed by atoms with Gasteiger partial charge in [-0.2, -0.15) is 10.2 Å². The molecule has 1 heterocycles. The van der Waals surface area contributed by atoms with Gasteiger partial charge in [-0.25, -0.2) is 4.99 Å². The zero-order valence-electron chi connectivity index (χ0n) is 19.6. The Morgan fingerprint density at radius 3 is 2.66 bits per heavy atom. The van der Waals surface area contributed by atoms with E-state index in [0.29, 0.717) is 38.6 Å². The molecule has 0 bridgehead atoms. The van der Waals surface area contributed by atoms with E-state index in [-0.39, 0.29) is 5.91 Å². The van der Waals surface area contributed by atoms with Gasteiger partial charge in [-0.15, -0.1) is 12.3 Å². The SMILES string of the molecule is C#CCCC1(CCC(=O)N(C)CCC(=C)N(/C(C)=C\C)c2cc(C)ccc2N=CN)N=N1. The number of anilines is 1. The lowest BCUT2D eigenvalue weighted by molar-refractivity contribution is -0.130. The molecule has 0 unspecified atom stereocenters. The molecule has 0 atom stereocenters. The number of aliphatic imine (C=N–C) groups is 1. The average Bonchev–Trinajstić information content (AvgIpc) is 3.56. The number of rotatable bonds is 12. The highest BCUT2D eigenvalue weighted by molar-refractivity contribution is 5.77. The number of terminal acetylenes is 1. The monoisotopic (exact) mass is 434 g/mol. The van der Waals surface area contributed by atoms with E-state index in [2.05, 4.69) is 38.7 Å². The maximum Gasteiger partial charge on any atom is 0.222 e. The second-order valence-electron chi connectivity index (χ2n) is 8.05. The summed E-state index contributed by atoms with van der Waals surface area (Å²) in [6.07, 6.45) is 11.6. The first kappa shape index (κ1) is 24.9. The number of carbonyl (C=O) groups is 1. The van der Waals surface area contributed by atoms with Crippen molar-refractivity contribution in [3.63, 3.8) is 0 Å². The van der Waals surface area contributed by atoms with Crippen LogP contribution < -0.4 is 10.6 Å². The molecule has 0 saturated carbocycles. The van der Waals surface area contributed by atoms with Crippen LogP contribution in [0.1, 0.15) is 51.5 Å². The van der Waals surface area contributed by atoms with Crippen LogP contribution in [0.3, 0.4) is 0 Å². The molecule has 0 saturated heterocycles. The Morgan fingerprint density at radius 1 is 1.34 bits per heavy atom. The summed E-state index contributed by atoms with van der Waals surface area (Å²) in [7, 11) is 1.81. The number of hydrogen-bond acceptors (Lipinski definition) is 5. The van der Waals surface area contributed by atoms with E-state index in [1.165, 1.54) is 6.34 Å². The molecular weight excluding hydrogens is 400 g/mol. The summed E-state index contributed by atoms with van der Waals surface area (Å²) in [6.45, 7) is 10.9. The van der Waals surface area contributed by atoms with Crippen LogP contribution in [0.2, 0.25) is 0 Å². The van der Waals surface area contributed by atoms with Gasteiger partial charge in [-0.1, -0.05) is 18.7 Å². The molecule has 1 aliphatic heterocycles. The standard InChI is InChI=1S/C25H34N6O/c1-7-9-14-25(28-29-25)15-12-24(32)30(6)16-13-21(5)31(20(4)8-2)23-17-19(3)10-11-22(23)27-18-26/h1,8,10-11,17-18H,5,9,12-16H2,2-4,6H3,(H2,26,27)/b20-8-. The van der Waals surface area contributed by atoms with Crippen molar-refractivity contribution in [1.82, 2.24) is 4.90 Å². The largest absolute Gasteiger partial charge is 0.390 e. The number of carbonyl (C=O) groups excluding carboxylic acids is 1. The zero-order valence-corrected chi connectivity index (χ0v) is 19.6. The molecule has 0 aliphatic carbocycles. The van der Waals surface area contributed by atoms with Crippen LogP contribution in [0.25, 0.3) is 0 Å². The molecule has 7 heteroatoms. The zero-order chi connectivity index (χ0) is 23.7. The van der Waals surface area contributed by atoms with Gasteiger partial charge in [0.05, 0.1) is 17.7 Å². The molecule has 0 radical (unpaired) electrons. The highest BCUT2D eigenvalue weighted by Gasteiger charge is 2.39. The Hall–Kier alpha value is -3.40. The molecule has 32 heavy (non-hydrogen) atoms. The molecule has 1 aromatic rings. The quantitative estimate of drug-likeness (QED) is 0.283. The number of hydrogen-bond donors (Lipinski definition) is 1. The van der Waals surface area contributed by atoms with Gasteiger partial charge in [-0.05, 0) is 38.5 Å². The van der Waals surface area contributed by atoms with Crippen LogP contribution >= 0.6 is 0 Å². The summed E-state index contributed by atoms with van der Waals surface area (Å²) in [6, 6.07) is 6.00. The summed E-state index contributed by atoms with van der Waals surface area (Å²) < 4.78 is 0. The topological polar surface area (TPSA) is 86.7 Å². The fourth-order valence-electron chi connectivity index (χ4n) is 3.44. The molecule has 170 valence electrons. The van der Waals surface area contributed by atoms with E-state index >= 15 is 0 Å². The van der Waals surface area contributed by atoms with Gasteiger partial charge in [0.25, 0.3) is 0 Å². The van der Waals surface area contributed by atoms with Crippen molar-refractivity contribution < 1.29 is 4.79 Å². The molecule has 0 spiro atoms. The van der Waals surface area contributed by atoms with Crippen LogP contribution in [0.15, 0.2) is 57.5 Å². The van der Waals surface area contributed by atoms with E-state index in [0.717, 1.165) is 28.3 Å². The van der Waals surface area contributed by atoms with E-state index in [1.807, 2.05) is 46.0 Å². The highest BCUT2D eigenvalue weighted by atomic mass is 16.2. The number of aryl methyl sites for hydroxylation is 1. The van der Waals surface area contributed by atoms with Crippen LogP contribution in [-0.2, 0) is 4.79 Å². The van der Waals surface area contributed by atoms with E-state index in [4.69, 9.17) is 12.2 Å². The van der Waals surface area contributed by atoms with E-state index < -0.39 is 5.66 Å². The first-order chi connectivity index (χ1) is 15.3. The van der Waals surface area contributed by atoms with E-state index in [1.54, 1.807) is 4.90 Å². The number of allylic oxidation sites excluding steroid dienone is 2. The van der Waals surface area contributed by atoms with E-state index in [9.17, 15) is 4.79 Å². The predicted octanol–water partition coefficient (Wildman–Crippen LogP) is 5.06. The predicted molar refractivity (Wildman–Crippen MR) is 132 cm³/mol. The van der Waals surface area contributed by atoms with Crippen molar-refractivity contribution >= 4 is 23.6 Å². The van der Waals surface area contributed by atoms with Gasteiger partial charge in [0.2, 0.25) is 5.91 Å². The van der Waals surface area contributed by atoms with Gasteiger partial charge in [0.15, 0.2) is 5.66 Å². The highest BCUT2D eigenvalue weighted by Crippen LogP contribution is 2.38. The third-order valence-electron chi connectivity index (χ3n) is 5.63. The number of nitrogens with two attached hydrogens (primary N) is 1. The van der Waals surface area contributed by atoms with Gasteiger partial charge >= 0.3 is 0 Å². The minimum atomic E-state index is -0.433. The van der Waals surface area contributed by atoms with Gasteiger partial charge in [0.1, 0.15) is 0 Å². The second-order valence-corrected chi connectivity index (χ2v) is 8.05. The molecule has 1 aliphatic rings. The third-order valence-corrected chi connectivity index (χ3v) is 5.63. The van der Waals surface area contributed by atoms with Crippen LogP contribution in [0, 0.1) is 19.3 Å². The molecule has 7 nitrogen and oxygen atoms in total. The Kier molecular flexibility index (Phi) is 8.77. The normalized spacial score (nSPS) is 14.3. The maximum absolute atomic E-state index is 12.6. The number of benzene rings is 1. The van der Waals surface area contributed by atoms with Crippen molar-refractivity contribution in [2.75, 3.05) is 18.5 Å². The summed E-state index contributed by atoms with van der Waals surface area (Å²) in [5.41, 5.74) is 9.81. The summed E-state index contributed by atoms with van der Waals surface area (Å²) in [5.74, 6) is 2.67. The smallest absolute Gasteiger partial charge is 0.222 e. The third kappa shape index (κ3) is 6.55. The number of amides is 1. The summed E-state index contributed by atoms with van der Waals surface area (Å²) in [4.78, 5) is 20.8. The average molecular weight is 435 g/mol. The molecule has 2 N–H and O–H groups in total. The number of nitrogens with zero attached hydrogens (tertiary/aromatic N) is 5. The van der Waals surface area contributed by atoms with Crippen molar-refractivity contribution in [3.8, 4) is 12.3 Å². The summed E-state index contributed by atoms with van der Waals surface area (Å²) >= 11 is 0.